The third kappa shape index (κ3) is 5.31. The predicted molar refractivity (Wildman–Crippen MR) is 89.6 cm³/mol. The number of rotatable bonds is 4. The van der Waals surface area contributed by atoms with Gasteiger partial charge in [0, 0.05) is 42.3 Å². The number of halogens is 1. The monoisotopic (exact) mass is 368 g/mol. The second-order valence-corrected chi connectivity index (χ2v) is 6.30. The van der Waals surface area contributed by atoms with Crippen molar-refractivity contribution in [2.45, 2.75) is 25.3 Å². The number of hydrogen-bond acceptors (Lipinski definition) is 3. The molecule has 3 amide bonds. The average molecular weight is 369 g/mol. The lowest BCUT2D eigenvalue weighted by Gasteiger charge is -2.30. The molecule has 1 heterocycles. The Morgan fingerprint density at radius 2 is 2.05 bits per heavy atom. The maximum Gasteiger partial charge on any atom is 0.319 e. The Morgan fingerprint density at radius 3 is 2.73 bits per heavy atom. The number of piperidine rings is 1. The van der Waals surface area contributed by atoms with Crippen molar-refractivity contribution >= 4 is 33.6 Å². The van der Waals surface area contributed by atoms with Gasteiger partial charge in [-0.15, -0.1) is 0 Å². The Kier molecular flexibility index (Phi) is 6.21. The fraction of sp³-hybridized carbons (Fsp3) is 0.467. The van der Waals surface area contributed by atoms with Crippen LogP contribution in [-0.4, -0.2) is 42.5 Å². The van der Waals surface area contributed by atoms with E-state index in [1.54, 1.807) is 17.0 Å². The lowest BCUT2D eigenvalue weighted by Crippen LogP contribution is -2.46. The number of carbonyl (C=O) groups excluding carboxylic acids is 2. The first kappa shape index (κ1) is 16.8. The minimum absolute atomic E-state index is 0.0408. The van der Waals surface area contributed by atoms with Crippen molar-refractivity contribution in [3.05, 3.63) is 28.7 Å². The van der Waals surface area contributed by atoms with Gasteiger partial charge in [0.25, 0.3) is 0 Å². The maximum absolute atomic E-state index is 12.0. The molecule has 1 atom stereocenters. The van der Waals surface area contributed by atoms with Crippen molar-refractivity contribution in [3.8, 4) is 0 Å². The average Bonchev–Trinajstić information content (AvgIpc) is 2.49. The van der Waals surface area contributed by atoms with Gasteiger partial charge in [-0.1, -0.05) is 15.9 Å². The number of nitrogens with two attached hydrogens (primary N) is 1. The summed E-state index contributed by atoms with van der Waals surface area (Å²) in [7, 11) is 0. The van der Waals surface area contributed by atoms with Crippen LogP contribution in [0.2, 0.25) is 0 Å². The molecule has 1 aliphatic rings. The number of carbonyl (C=O) groups is 2. The van der Waals surface area contributed by atoms with Gasteiger partial charge >= 0.3 is 6.03 Å². The van der Waals surface area contributed by atoms with Crippen LogP contribution in [0.1, 0.15) is 19.3 Å². The molecule has 1 unspecified atom stereocenters. The molecule has 0 saturated carbocycles. The molecular formula is C15H21BrN4O2. The quantitative estimate of drug-likeness (QED) is 0.758. The number of hydrogen-bond donors (Lipinski definition) is 3. The number of amides is 3. The van der Waals surface area contributed by atoms with Crippen LogP contribution in [0.5, 0.6) is 0 Å². The molecule has 22 heavy (non-hydrogen) atoms. The highest BCUT2D eigenvalue weighted by Gasteiger charge is 2.20. The Morgan fingerprint density at radius 1 is 1.32 bits per heavy atom. The molecule has 1 saturated heterocycles. The molecule has 0 radical (unpaired) electrons. The SMILES string of the molecule is NC1CCCN(C(=O)CCNC(=O)Nc2ccc(Br)cc2)C1. The minimum atomic E-state index is -0.314. The Labute approximate surface area is 138 Å². The first-order valence-corrected chi connectivity index (χ1v) is 8.17. The van der Waals surface area contributed by atoms with Gasteiger partial charge in [-0.2, -0.15) is 0 Å². The van der Waals surface area contributed by atoms with Gasteiger partial charge < -0.3 is 21.3 Å². The summed E-state index contributed by atoms with van der Waals surface area (Å²) in [5, 5.41) is 5.40. The summed E-state index contributed by atoms with van der Waals surface area (Å²) in [4.78, 5) is 25.5. The molecule has 1 aliphatic heterocycles. The zero-order chi connectivity index (χ0) is 15.9. The number of urea groups is 1. The summed E-state index contributed by atoms with van der Waals surface area (Å²) < 4.78 is 0.948. The molecule has 4 N–H and O–H groups in total. The Bertz CT molecular complexity index is 521. The van der Waals surface area contributed by atoms with Crippen LogP contribution in [-0.2, 0) is 4.79 Å². The van der Waals surface area contributed by atoms with Crippen molar-refractivity contribution < 1.29 is 9.59 Å². The van der Waals surface area contributed by atoms with Gasteiger partial charge in [-0.05, 0) is 37.1 Å². The summed E-state index contributed by atoms with van der Waals surface area (Å²) in [6.07, 6.45) is 2.21. The Balaban J connectivity index is 1.68. The maximum atomic E-state index is 12.0. The van der Waals surface area contributed by atoms with Gasteiger partial charge in [0.05, 0.1) is 0 Å². The Hall–Kier alpha value is -1.60. The standard InChI is InChI=1S/C15H21BrN4O2/c16-11-3-5-13(6-4-11)19-15(22)18-8-7-14(21)20-9-1-2-12(17)10-20/h3-6,12H,1-2,7-10,17H2,(H2,18,19,22). The van der Waals surface area contributed by atoms with E-state index in [-0.39, 0.29) is 18.0 Å². The first-order chi connectivity index (χ1) is 10.5. The molecule has 2 rings (SSSR count). The molecule has 1 aromatic rings. The van der Waals surface area contributed by atoms with Crippen molar-refractivity contribution in [3.63, 3.8) is 0 Å². The molecular weight excluding hydrogens is 348 g/mol. The van der Waals surface area contributed by atoms with Gasteiger partial charge in [-0.3, -0.25) is 4.79 Å². The normalized spacial score (nSPS) is 17.9. The minimum Gasteiger partial charge on any atom is -0.341 e. The van der Waals surface area contributed by atoms with Crippen LogP contribution in [0.3, 0.4) is 0 Å². The number of benzene rings is 1. The van der Waals surface area contributed by atoms with E-state index in [9.17, 15) is 9.59 Å². The fourth-order valence-corrected chi connectivity index (χ4v) is 2.65. The van der Waals surface area contributed by atoms with E-state index in [0.29, 0.717) is 25.2 Å². The van der Waals surface area contributed by atoms with Gasteiger partial charge in [0.1, 0.15) is 0 Å². The number of likely N-dealkylation sites (tertiary alicyclic amines) is 1. The van der Waals surface area contributed by atoms with Crippen LogP contribution in [0.25, 0.3) is 0 Å². The summed E-state index contributed by atoms with van der Waals surface area (Å²) in [5.41, 5.74) is 6.56. The molecule has 0 aliphatic carbocycles. The van der Waals surface area contributed by atoms with E-state index >= 15 is 0 Å². The highest BCUT2D eigenvalue weighted by Crippen LogP contribution is 2.14. The first-order valence-electron chi connectivity index (χ1n) is 7.38. The third-order valence-electron chi connectivity index (χ3n) is 3.54. The number of nitrogens with zero attached hydrogens (tertiary/aromatic N) is 1. The van der Waals surface area contributed by atoms with Crippen LogP contribution >= 0.6 is 15.9 Å². The predicted octanol–water partition coefficient (Wildman–Crippen LogP) is 1.91. The van der Waals surface area contributed by atoms with E-state index in [1.165, 1.54) is 0 Å². The molecule has 0 spiro atoms. The highest BCUT2D eigenvalue weighted by molar-refractivity contribution is 9.10. The van der Waals surface area contributed by atoms with E-state index in [2.05, 4.69) is 26.6 Å². The molecule has 0 bridgehead atoms. The van der Waals surface area contributed by atoms with Crippen LogP contribution < -0.4 is 16.4 Å². The lowest BCUT2D eigenvalue weighted by atomic mass is 10.1. The second-order valence-electron chi connectivity index (χ2n) is 5.38. The smallest absolute Gasteiger partial charge is 0.319 e. The van der Waals surface area contributed by atoms with Gasteiger partial charge in [-0.25, -0.2) is 4.79 Å². The van der Waals surface area contributed by atoms with Gasteiger partial charge in [0.15, 0.2) is 0 Å². The summed E-state index contributed by atoms with van der Waals surface area (Å²) in [5.74, 6) is 0.0408. The highest BCUT2D eigenvalue weighted by atomic mass is 79.9. The van der Waals surface area contributed by atoms with Crippen molar-refractivity contribution in [2.75, 3.05) is 25.0 Å². The second kappa shape index (κ2) is 8.14. The van der Waals surface area contributed by atoms with Crippen LogP contribution in [0, 0.1) is 0 Å². The lowest BCUT2D eigenvalue weighted by molar-refractivity contribution is -0.132. The van der Waals surface area contributed by atoms with Crippen molar-refractivity contribution in [2.24, 2.45) is 5.73 Å². The van der Waals surface area contributed by atoms with E-state index < -0.39 is 0 Å². The fourth-order valence-electron chi connectivity index (χ4n) is 2.39. The molecule has 0 aromatic heterocycles. The van der Waals surface area contributed by atoms with Crippen molar-refractivity contribution in [1.29, 1.82) is 0 Å². The zero-order valence-corrected chi connectivity index (χ0v) is 13.9. The van der Waals surface area contributed by atoms with Crippen molar-refractivity contribution in [1.82, 2.24) is 10.2 Å². The summed E-state index contributed by atoms with van der Waals surface area (Å²) >= 11 is 3.33. The van der Waals surface area contributed by atoms with E-state index in [1.807, 2.05) is 12.1 Å². The zero-order valence-electron chi connectivity index (χ0n) is 12.3. The van der Waals surface area contributed by atoms with E-state index in [0.717, 1.165) is 23.9 Å². The molecule has 1 aromatic carbocycles. The topological polar surface area (TPSA) is 87.5 Å². The molecule has 120 valence electrons. The molecule has 6 nitrogen and oxygen atoms in total. The van der Waals surface area contributed by atoms with Gasteiger partial charge in [0.2, 0.25) is 5.91 Å². The summed E-state index contributed by atoms with van der Waals surface area (Å²) in [6, 6.07) is 7.04. The molecule has 7 heteroatoms. The summed E-state index contributed by atoms with van der Waals surface area (Å²) in [6.45, 7) is 1.69. The third-order valence-corrected chi connectivity index (χ3v) is 4.07. The largest absolute Gasteiger partial charge is 0.341 e. The van der Waals surface area contributed by atoms with Crippen LogP contribution in [0.15, 0.2) is 28.7 Å². The number of anilines is 1. The van der Waals surface area contributed by atoms with Crippen LogP contribution in [0.4, 0.5) is 10.5 Å². The molecule has 1 fully saturated rings. The van der Waals surface area contributed by atoms with E-state index in [4.69, 9.17) is 5.73 Å². The number of nitrogens with one attached hydrogen (secondary N) is 2.